The maximum absolute atomic E-state index is 5.28. The van der Waals surface area contributed by atoms with Gasteiger partial charge in [0.2, 0.25) is 0 Å². The predicted molar refractivity (Wildman–Crippen MR) is 218 cm³/mol. The van der Waals surface area contributed by atoms with E-state index in [2.05, 4.69) is 190 Å². The maximum Gasteiger partial charge on any atom is 0.148 e. The van der Waals surface area contributed by atoms with E-state index < -0.39 is 0 Å². The van der Waals surface area contributed by atoms with Crippen LogP contribution in [0.25, 0.3) is 61.3 Å². The van der Waals surface area contributed by atoms with Crippen molar-refractivity contribution >= 4 is 72.7 Å². The van der Waals surface area contributed by atoms with Gasteiger partial charge in [-0.3, -0.25) is 0 Å². The largest absolute Gasteiger partial charge is 0.358 e. The summed E-state index contributed by atoms with van der Waals surface area (Å²) in [6.45, 7) is 0. The summed E-state index contributed by atoms with van der Waals surface area (Å²) >= 11 is 0. The lowest BCUT2D eigenvalue weighted by atomic mass is 9.90. The maximum atomic E-state index is 5.28. The van der Waals surface area contributed by atoms with Gasteiger partial charge in [-0.2, -0.15) is 0 Å². The fourth-order valence-electron chi connectivity index (χ4n) is 8.72. The van der Waals surface area contributed by atoms with Gasteiger partial charge < -0.3 is 14.5 Å². The molecular formula is C48H34N4. The Morgan fingerprint density at radius 3 is 2.21 bits per heavy atom. The zero-order chi connectivity index (χ0) is 34.2. The Balaban J connectivity index is 1.11. The molecule has 4 heteroatoms. The molecule has 0 radical (unpaired) electrons. The predicted octanol–water partition coefficient (Wildman–Crippen LogP) is 10.4. The van der Waals surface area contributed by atoms with Crippen LogP contribution in [0.1, 0.15) is 29.6 Å². The van der Waals surface area contributed by atoms with E-state index in [4.69, 9.17) is 4.99 Å². The van der Waals surface area contributed by atoms with E-state index in [0.29, 0.717) is 0 Å². The minimum atomic E-state index is -0.166. The van der Waals surface area contributed by atoms with Crippen LogP contribution in [0.15, 0.2) is 169 Å². The fourth-order valence-corrected chi connectivity index (χ4v) is 8.72. The third kappa shape index (κ3) is 4.37. The van der Waals surface area contributed by atoms with Crippen LogP contribution < -0.4 is 15.9 Å². The Labute approximate surface area is 300 Å². The first-order valence-corrected chi connectivity index (χ1v) is 18.1. The zero-order valence-electron chi connectivity index (χ0n) is 28.4. The first-order chi connectivity index (χ1) is 25.8. The normalized spacial score (nSPS) is 16.6. The van der Waals surface area contributed by atoms with Gasteiger partial charge in [-0.1, -0.05) is 127 Å². The fraction of sp³-hybridized carbons (Fsp3) is 0.0625. The van der Waals surface area contributed by atoms with Crippen LogP contribution in [0.2, 0.25) is 0 Å². The number of rotatable bonds is 4. The smallest absolute Gasteiger partial charge is 0.148 e. The summed E-state index contributed by atoms with van der Waals surface area (Å²) in [7, 11) is 0. The van der Waals surface area contributed by atoms with Crippen LogP contribution in [-0.4, -0.2) is 14.8 Å². The van der Waals surface area contributed by atoms with Gasteiger partial charge in [0.15, 0.2) is 0 Å². The van der Waals surface area contributed by atoms with E-state index in [1.54, 1.807) is 0 Å². The highest BCUT2D eigenvalue weighted by atomic mass is 15.2. The topological polar surface area (TPSA) is 34.2 Å². The standard InChI is InChI=1S/C48H34N4/c1-3-14-32(15-4-1)47-48(50-41-21-11-10-20-40(41)49-47)52-42-22-12-9-19-37(42)38-29-33(24-26-43(38)52)34-25-27-44-39(30-34)46-36-18-8-7-13-31(36)23-28-45(46)51(44)35-16-5-2-6-17-35/h1-23,25-30,33,48,50H,24H2. The lowest BCUT2D eigenvalue weighted by molar-refractivity contribution is 0.707. The van der Waals surface area contributed by atoms with Crippen LogP contribution in [0.3, 0.4) is 0 Å². The Morgan fingerprint density at radius 1 is 0.596 bits per heavy atom. The van der Waals surface area contributed by atoms with E-state index in [0.717, 1.165) is 29.1 Å². The van der Waals surface area contributed by atoms with Gasteiger partial charge in [0, 0.05) is 43.9 Å². The Hall–Kier alpha value is -6.65. The van der Waals surface area contributed by atoms with Crippen LogP contribution in [-0.2, 0) is 0 Å². The number of anilines is 1. The van der Waals surface area contributed by atoms with E-state index in [1.807, 2.05) is 0 Å². The van der Waals surface area contributed by atoms with Crippen LogP contribution in [0.4, 0.5) is 11.4 Å². The molecule has 4 nitrogen and oxygen atoms in total. The average Bonchev–Trinajstić information content (AvgIpc) is 3.73. The van der Waals surface area contributed by atoms with Gasteiger partial charge in [-0.15, -0.1) is 0 Å². The molecule has 1 aliphatic heterocycles. The highest BCUT2D eigenvalue weighted by Crippen LogP contribution is 2.40. The van der Waals surface area contributed by atoms with Crippen molar-refractivity contribution in [2.75, 3.05) is 5.32 Å². The first kappa shape index (κ1) is 29.1. The molecule has 2 aliphatic rings. The number of fused-ring (bicyclic) bond motifs is 9. The third-order valence-corrected chi connectivity index (χ3v) is 11.1. The minimum Gasteiger partial charge on any atom is -0.358 e. The second kappa shape index (κ2) is 11.4. The minimum absolute atomic E-state index is 0.166. The number of hydrogen-bond donors (Lipinski definition) is 1. The molecule has 0 spiro atoms. The van der Waals surface area contributed by atoms with Crippen molar-refractivity contribution in [2.45, 2.75) is 18.5 Å². The SMILES string of the molecule is C1=c2c(n(C3Nc4ccccc4N=C3c3ccccc3)c3ccccc23)=CCC1c1ccc2c(c1)c1c3ccccc3ccc1n2-c1ccccc1. The molecule has 0 saturated heterocycles. The number of nitrogens with zero attached hydrogens (tertiary/aromatic N) is 3. The molecule has 9 aromatic rings. The van der Waals surface area contributed by atoms with E-state index in [-0.39, 0.29) is 12.1 Å². The Bertz CT molecular complexity index is 3020. The van der Waals surface area contributed by atoms with Crippen molar-refractivity contribution < 1.29 is 0 Å². The summed E-state index contributed by atoms with van der Waals surface area (Å²) < 4.78 is 4.90. The summed E-state index contributed by atoms with van der Waals surface area (Å²) in [5.74, 6) is 0.239. The van der Waals surface area contributed by atoms with Gasteiger partial charge in [0.05, 0.1) is 33.6 Å². The molecule has 0 fully saturated rings. The molecule has 246 valence electrons. The molecule has 52 heavy (non-hydrogen) atoms. The highest BCUT2D eigenvalue weighted by Gasteiger charge is 2.29. The van der Waals surface area contributed by atoms with Gasteiger partial charge in [0.1, 0.15) is 6.17 Å². The van der Waals surface area contributed by atoms with Crippen molar-refractivity contribution in [1.82, 2.24) is 9.13 Å². The van der Waals surface area contributed by atoms with Gasteiger partial charge in [-0.25, -0.2) is 4.99 Å². The van der Waals surface area contributed by atoms with Gasteiger partial charge in [-0.05, 0) is 71.3 Å². The van der Waals surface area contributed by atoms with Crippen LogP contribution in [0, 0.1) is 0 Å². The van der Waals surface area contributed by atoms with E-state index in [9.17, 15) is 0 Å². The number of benzene rings is 7. The molecule has 0 bridgehead atoms. The summed E-state index contributed by atoms with van der Waals surface area (Å²) in [6.07, 6.45) is 5.71. The quantitative estimate of drug-likeness (QED) is 0.199. The number of nitrogens with one attached hydrogen (secondary N) is 1. The molecule has 3 heterocycles. The zero-order valence-corrected chi connectivity index (χ0v) is 28.4. The molecule has 1 aliphatic carbocycles. The molecule has 2 atom stereocenters. The molecule has 7 aromatic carbocycles. The van der Waals surface area contributed by atoms with Gasteiger partial charge >= 0.3 is 0 Å². The van der Waals surface area contributed by atoms with Gasteiger partial charge in [0.25, 0.3) is 0 Å². The molecule has 11 rings (SSSR count). The van der Waals surface area contributed by atoms with Crippen molar-refractivity contribution in [3.63, 3.8) is 0 Å². The summed E-state index contributed by atoms with van der Waals surface area (Å²) in [5, 5.41) is 12.9. The second-order valence-corrected chi connectivity index (χ2v) is 14.0. The van der Waals surface area contributed by atoms with Crippen LogP contribution in [0.5, 0.6) is 0 Å². The Morgan fingerprint density at radius 2 is 1.33 bits per heavy atom. The first-order valence-electron chi connectivity index (χ1n) is 18.1. The van der Waals surface area contributed by atoms with E-state index in [1.165, 1.54) is 65.3 Å². The van der Waals surface area contributed by atoms with Crippen LogP contribution >= 0.6 is 0 Å². The third-order valence-electron chi connectivity index (χ3n) is 11.1. The lowest BCUT2D eigenvalue weighted by Gasteiger charge is -2.30. The Kier molecular flexibility index (Phi) is 6.41. The molecule has 1 N–H and O–H groups in total. The summed E-state index contributed by atoms with van der Waals surface area (Å²) in [6, 6.07) is 59.0. The summed E-state index contributed by atoms with van der Waals surface area (Å²) in [5.41, 5.74) is 10.3. The van der Waals surface area contributed by atoms with Crippen molar-refractivity contribution in [3.05, 3.63) is 185 Å². The number of para-hydroxylation sites is 4. The number of hydrogen-bond acceptors (Lipinski definition) is 2. The van der Waals surface area contributed by atoms with Crippen molar-refractivity contribution in [2.24, 2.45) is 4.99 Å². The molecule has 2 aromatic heterocycles. The van der Waals surface area contributed by atoms with E-state index >= 15 is 0 Å². The monoisotopic (exact) mass is 666 g/mol. The lowest BCUT2D eigenvalue weighted by Crippen LogP contribution is -2.40. The average molecular weight is 667 g/mol. The molecule has 0 saturated carbocycles. The highest BCUT2D eigenvalue weighted by molar-refractivity contribution is 6.21. The second-order valence-electron chi connectivity index (χ2n) is 14.0. The number of aromatic nitrogens is 2. The number of aliphatic imine (C=N–C) groups is 1. The summed E-state index contributed by atoms with van der Waals surface area (Å²) in [4.78, 5) is 5.28. The molecule has 0 amide bonds. The van der Waals surface area contributed by atoms with Crippen molar-refractivity contribution in [3.8, 4) is 5.69 Å². The van der Waals surface area contributed by atoms with Crippen molar-refractivity contribution in [1.29, 1.82) is 0 Å². The molecule has 2 unspecified atom stereocenters. The molecular weight excluding hydrogens is 633 g/mol.